The van der Waals surface area contributed by atoms with Gasteiger partial charge in [-0.1, -0.05) is 53.6 Å². The summed E-state index contributed by atoms with van der Waals surface area (Å²) in [6.45, 7) is 2.36. The van der Waals surface area contributed by atoms with Crippen LogP contribution in [0.2, 0.25) is 5.02 Å². The Balaban J connectivity index is 1.69. The van der Waals surface area contributed by atoms with Crippen LogP contribution in [0.25, 0.3) is 6.08 Å². The molecule has 4 nitrogen and oxygen atoms in total. The molecule has 3 rings (SSSR count). The van der Waals surface area contributed by atoms with Crippen molar-refractivity contribution in [2.75, 3.05) is 5.32 Å². The molecule has 29 heavy (non-hydrogen) atoms. The second-order valence-electron chi connectivity index (χ2n) is 6.48. The number of hydrogen-bond donors (Lipinski definition) is 1. The van der Waals surface area contributed by atoms with Gasteiger partial charge in [0.2, 0.25) is 0 Å². The number of amides is 1. The van der Waals surface area contributed by atoms with Crippen molar-refractivity contribution >= 4 is 29.3 Å². The first-order valence-electron chi connectivity index (χ1n) is 9.00. The molecule has 0 atom stereocenters. The molecule has 3 aromatic rings. The Labute approximate surface area is 175 Å². The molecule has 5 heteroatoms. The van der Waals surface area contributed by atoms with Crippen LogP contribution in [0, 0.1) is 18.3 Å². The minimum Gasteiger partial charge on any atom is -0.489 e. The van der Waals surface area contributed by atoms with Crippen molar-refractivity contribution in [1.29, 1.82) is 5.26 Å². The maximum Gasteiger partial charge on any atom is 0.266 e. The van der Waals surface area contributed by atoms with E-state index in [1.807, 2.05) is 67.6 Å². The first-order valence-corrected chi connectivity index (χ1v) is 9.38. The molecule has 0 spiro atoms. The Morgan fingerprint density at radius 2 is 1.83 bits per heavy atom. The van der Waals surface area contributed by atoms with Gasteiger partial charge in [0.25, 0.3) is 5.91 Å². The molecule has 0 aliphatic carbocycles. The highest BCUT2D eigenvalue weighted by Crippen LogP contribution is 2.19. The lowest BCUT2D eigenvalue weighted by atomic mass is 10.1. The van der Waals surface area contributed by atoms with Crippen molar-refractivity contribution in [2.45, 2.75) is 13.5 Å². The Morgan fingerprint density at radius 1 is 1.10 bits per heavy atom. The lowest BCUT2D eigenvalue weighted by Crippen LogP contribution is -2.13. The van der Waals surface area contributed by atoms with Crippen molar-refractivity contribution in [1.82, 2.24) is 0 Å². The fraction of sp³-hybridized carbons (Fsp3) is 0.0833. The monoisotopic (exact) mass is 402 g/mol. The summed E-state index contributed by atoms with van der Waals surface area (Å²) in [4.78, 5) is 12.4. The quantitative estimate of drug-likeness (QED) is 0.420. The maximum atomic E-state index is 12.4. The van der Waals surface area contributed by atoms with Gasteiger partial charge >= 0.3 is 0 Å². The molecular formula is C24H19ClN2O2. The highest BCUT2D eigenvalue weighted by molar-refractivity contribution is 6.30. The van der Waals surface area contributed by atoms with Gasteiger partial charge in [-0.05, 0) is 60.5 Å². The van der Waals surface area contributed by atoms with Crippen LogP contribution in [0.1, 0.15) is 16.7 Å². The van der Waals surface area contributed by atoms with Crippen molar-refractivity contribution in [2.24, 2.45) is 0 Å². The molecule has 0 saturated heterocycles. The number of nitrogens with one attached hydrogen (secondary N) is 1. The zero-order valence-electron chi connectivity index (χ0n) is 15.9. The summed E-state index contributed by atoms with van der Waals surface area (Å²) in [5.74, 6) is 0.189. The van der Waals surface area contributed by atoms with Crippen LogP contribution in [-0.2, 0) is 11.4 Å². The van der Waals surface area contributed by atoms with Crippen LogP contribution in [0.3, 0.4) is 0 Å². The van der Waals surface area contributed by atoms with Gasteiger partial charge in [0.15, 0.2) is 0 Å². The molecule has 0 heterocycles. The van der Waals surface area contributed by atoms with E-state index in [9.17, 15) is 10.1 Å². The van der Waals surface area contributed by atoms with Crippen LogP contribution < -0.4 is 10.1 Å². The Hall–Kier alpha value is -3.55. The lowest BCUT2D eigenvalue weighted by molar-refractivity contribution is -0.112. The van der Waals surface area contributed by atoms with Gasteiger partial charge < -0.3 is 10.1 Å². The summed E-state index contributed by atoms with van der Waals surface area (Å²) in [6, 6.07) is 24.0. The molecule has 1 amide bonds. The summed E-state index contributed by atoms with van der Waals surface area (Å²) in [7, 11) is 0. The van der Waals surface area contributed by atoms with E-state index in [0.29, 0.717) is 28.6 Å². The molecule has 0 unspecified atom stereocenters. The number of aryl methyl sites for hydroxylation is 1. The van der Waals surface area contributed by atoms with E-state index in [2.05, 4.69) is 5.32 Å². The second kappa shape index (κ2) is 9.59. The van der Waals surface area contributed by atoms with E-state index in [4.69, 9.17) is 16.3 Å². The van der Waals surface area contributed by atoms with Gasteiger partial charge in [-0.2, -0.15) is 5.26 Å². The van der Waals surface area contributed by atoms with Crippen LogP contribution in [-0.4, -0.2) is 5.91 Å². The fourth-order valence-corrected chi connectivity index (χ4v) is 2.72. The summed E-state index contributed by atoms with van der Waals surface area (Å²) in [6.07, 6.45) is 1.54. The standard InChI is InChI=1S/C24H19ClN2O2/c1-17-5-11-22(12-6-17)27-24(28)20(15-26)13-19-3-2-4-23(14-19)29-16-18-7-9-21(25)10-8-18/h2-14H,16H2,1H3,(H,27,28)/b20-13+. The smallest absolute Gasteiger partial charge is 0.266 e. The molecule has 0 aliphatic rings. The summed E-state index contributed by atoms with van der Waals surface area (Å²) in [5, 5.41) is 12.8. The summed E-state index contributed by atoms with van der Waals surface area (Å²) in [5.41, 5.74) is 3.44. The topological polar surface area (TPSA) is 62.1 Å². The molecule has 0 aromatic heterocycles. The molecule has 144 valence electrons. The second-order valence-corrected chi connectivity index (χ2v) is 6.91. The largest absolute Gasteiger partial charge is 0.489 e. The molecule has 1 N–H and O–H groups in total. The van der Waals surface area contributed by atoms with E-state index in [-0.39, 0.29) is 5.57 Å². The molecule has 0 aliphatic heterocycles. The first kappa shape index (κ1) is 20.2. The SMILES string of the molecule is Cc1ccc(NC(=O)/C(C#N)=C/c2cccc(OCc3ccc(Cl)cc3)c2)cc1. The average molecular weight is 403 g/mol. The van der Waals surface area contributed by atoms with E-state index >= 15 is 0 Å². The number of carbonyl (C=O) groups is 1. The van der Waals surface area contributed by atoms with Crippen LogP contribution >= 0.6 is 11.6 Å². The van der Waals surface area contributed by atoms with Crippen LogP contribution in [0.15, 0.2) is 78.4 Å². The molecule has 0 fully saturated rings. The third kappa shape index (κ3) is 5.97. The number of hydrogen-bond acceptors (Lipinski definition) is 3. The number of anilines is 1. The zero-order chi connectivity index (χ0) is 20.6. The predicted molar refractivity (Wildman–Crippen MR) is 116 cm³/mol. The molecule has 3 aromatic carbocycles. The van der Waals surface area contributed by atoms with Gasteiger partial charge in [-0.3, -0.25) is 4.79 Å². The van der Waals surface area contributed by atoms with Gasteiger partial charge in [-0.15, -0.1) is 0 Å². The number of rotatable bonds is 6. The van der Waals surface area contributed by atoms with Crippen LogP contribution in [0.4, 0.5) is 5.69 Å². The maximum absolute atomic E-state index is 12.4. The number of halogens is 1. The Bertz CT molecular complexity index is 1070. The Kier molecular flexibility index (Phi) is 6.67. The first-order chi connectivity index (χ1) is 14.0. The van der Waals surface area contributed by atoms with Crippen molar-refractivity contribution in [3.05, 3.63) is 100 Å². The third-order valence-electron chi connectivity index (χ3n) is 4.16. The average Bonchev–Trinajstić information content (AvgIpc) is 2.73. The number of benzene rings is 3. The number of nitrogens with zero attached hydrogens (tertiary/aromatic N) is 1. The molecule has 0 bridgehead atoms. The Morgan fingerprint density at radius 3 is 2.52 bits per heavy atom. The van der Waals surface area contributed by atoms with Gasteiger partial charge in [0.05, 0.1) is 0 Å². The van der Waals surface area contributed by atoms with E-state index in [0.717, 1.165) is 11.1 Å². The molecule has 0 saturated carbocycles. The highest BCUT2D eigenvalue weighted by Gasteiger charge is 2.10. The van der Waals surface area contributed by atoms with Gasteiger partial charge in [-0.25, -0.2) is 0 Å². The number of carbonyl (C=O) groups excluding carboxylic acids is 1. The minimum atomic E-state index is -0.455. The summed E-state index contributed by atoms with van der Waals surface area (Å²) >= 11 is 5.89. The summed E-state index contributed by atoms with van der Waals surface area (Å²) < 4.78 is 5.80. The van der Waals surface area contributed by atoms with E-state index < -0.39 is 5.91 Å². The van der Waals surface area contributed by atoms with Crippen molar-refractivity contribution < 1.29 is 9.53 Å². The van der Waals surface area contributed by atoms with E-state index in [1.165, 1.54) is 0 Å². The van der Waals surface area contributed by atoms with Crippen molar-refractivity contribution in [3.63, 3.8) is 0 Å². The van der Waals surface area contributed by atoms with Gasteiger partial charge in [0, 0.05) is 10.7 Å². The lowest BCUT2D eigenvalue weighted by Gasteiger charge is -2.08. The number of ether oxygens (including phenoxy) is 1. The normalized spacial score (nSPS) is 10.9. The van der Waals surface area contributed by atoms with Crippen molar-refractivity contribution in [3.8, 4) is 11.8 Å². The highest BCUT2D eigenvalue weighted by atomic mass is 35.5. The van der Waals surface area contributed by atoms with E-state index in [1.54, 1.807) is 24.3 Å². The molecule has 0 radical (unpaired) electrons. The zero-order valence-corrected chi connectivity index (χ0v) is 16.6. The van der Waals surface area contributed by atoms with Gasteiger partial charge in [0.1, 0.15) is 24.0 Å². The fourth-order valence-electron chi connectivity index (χ4n) is 2.59. The molecular weight excluding hydrogens is 384 g/mol. The number of nitriles is 1. The third-order valence-corrected chi connectivity index (χ3v) is 4.41. The van der Waals surface area contributed by atoms with Crippen LogP contribution in [0.5, 0.6) is 5.75 Å². The minimum absolute atomic E-state index is 0.0143. The predicted octanol–water partition coefficient (Wildman–Crippen LogP) is 5.77.